The molecule has 7 rings (SSSR count). The highest BCUT2D eigenvalue weighted by Gasteiger charge is 2.24. The van der Waals surface area contributed by atoms with Gasteiger partial charge in [0, 0.05) is 16.5 Å². The van der Waals surface area contributed by atoms with Crippen molar-refractivity contribution in [2.75, 3.05) is 0 Å². The summed E-state index contributed by atoms with van der Waals surface area (Å²) in [5.74, 6) is 0. The largest absolute Gasteiger partial charge is 0.309 e. The molecule has 0 saturated carbocycles. The normalized spacial score (nSPS) is 13.1. The Balaban J connectivity index is 1.21. The van der Waals surface area contributed by atoms with Crippen LogP contribution in [0.2, 0.25) is 0 Å². The lowest BCUT2D eigenvalue weighted by Crippen LogP contribution is -2.13. The summed E-state index contributed by atoms with van der Waals surface area (Å²) in [6.45, 7) is 29.2. The molecule has 0 aliphatic rings. The van der Waals surface area contributed by atoms with E-state index in [-0.39, 0.29) is 26.6 Å². The predicted molar refractivity (Wildman–Crippen MR) is 247 cm³/mol. The summed E-state index contributed by atoms with van der Waals surface area (Å²) in [6.07, 6.45) is 0.696. The van der Waals surface area contributed by atoms with Gasteiger partial charge in [-0.2, -0.15) is 0 Å². The van der Waals surface area contributed by atoms with Crippen LogP contribution in [0.1, 0.15) is 122 Å². The average Bonchev–Trinajstić information content (AvgIpc) is 3.47. The first-order valence-electron chi connectivity index (χ1n) is 20.7. The fourth-order valence-electron chi connectivity index (χ4n) is 7.98. The molecule has 0 atom stereocenters. The van der Waals surface area contributed by atoms with Crippen LogP contribution in [0.3, 0.4) is 0 Å². The second kappa shape index (κ2) is 14.4. The first kappa shape index (κ1) is 41.2. The molecule has 4 heteroatoms. The van der Waals surface area contributed by atoms with Crippen molar-refractivity contribution >= 4 is 31.6 Å². The van der Waals surface area contributed by atoms with E-state index in [1.165, 1.54) is 55.3 Å². The Morgan fingerprint density at radius 1 is 0.448 bits per heavy atom. The van der Waals surface area contributed by atoms with Crippen molar-refractivity contribution < 1.29 is 8.42 Å². The SMILES string of the molecule is Cc1ccc(C(C)(C)C)cc1-c1cc(C(C)(C)C)ccc1Cc1ccc(S(=O)(=O)c2ccc(-n3c4ccc(C(C)(C)C)cc4c4cc(C(C)(C)C)ccc43)cc2)cc1. The van der Waals surface area contributed by atoms with Crippen LogP contribution in [0.15, 0.2) is 131 Å². The van der Waals surface area contributed by atoms with Crippen molar-refractivity contribution in [1.29, 1.82) is 0 Å². The van der Waals surface area contributed by atoms with Crippen molar-refractivity contribution in [3.63, 3.8) is 0 Å². The summed E-state index contributed by atoms with van der Waals surface area (Å²) in [7, 11) is -3.75. The van der Waals surface area contributed by atoms with Gasteiger partial charge < -0.3 is 4.57 Å². The van der Waals surface area contributed by atoms with E-state index in [1.807, 2.05) is 24.3 Å². The van der Waals surface area contributed by atoms with E-state index in [0.29, 0.717) is 11.3 Å². The molecule has 6 aromatic carbocycles. The molecule has 1 aromatic heterocycles. The van der Waals surface area contributed by atoms with Gasteiger partial charge in [-0.1, -0.05) is 144 Å². The maximum atomic E-state index is 14.1. The number of hydrogen-bond donors (Lipinski definition) is 0. The van der Waals surface area contributed by atoms with E-state index in [9.17, 15) is 8.42 Å². The summed E-state index contributed by atoms with van der Waals surface area (Å²) < 4.78 is 30.5. The first-order chi connectivity index (χ1) is 26.9. The third kappa shape index (κ3) is 7.93. The maximum Gasteiger partial charge on any atom is 0.206 e. The number of hydrogen-bond acceptors (Lipinski definition) is 2. The van der Waals surface area contributed by atoms with Gasteiger partial charge in [-0.25, -0.2) is 8.42 Å². The highest BCUT2D eigenvalue weighted by molar-refractivity contribution is 7.91. The number of aryl methyl sites for hydroxylation is 1. The topological polar surface area (TPSA) is 39.1 Å². The van der Waals surface area contributed by atoms with Crippen LogP contribution in [-0.2, 0) is 37.9 Å². The summed E-state index contributed by atoms with van der Waals surface area (Å²) in [5, 5.41) is 2.41. The Kier molecular flexibility index (Phi) is 10.2. The maximum absolute atomic E-state index is 14.1. The van der Waals surface area contributed by atoms with Gasteiger partial charge >= 0.3 is 0 Å². The Morgan fingerprint density at radius 2 is 0.845 bits per heavy atom. The third-order valence-electron chi connectivity index (χ3n) is 11.9. The Morgan fingerprint density at radius 3 is 1.31 bits per heavy atom. The molecule has 0 radical (unpaired) electrons. The van der Waals surface area contributed by atoms with Gasteiger partial charge in [0.2, 0.25) is 9.84 Å². The van der Waals surface area contributed by atoms with Crippen LogP contribution in [0.4, 0.5) is 0 Å². The van der Waals surface area contributed by atoms with Gasteiger partial charge in [-0.15, -0.1) is 0 Å². The molecular formula is C54H61NO2S. The van der Waals surface area contributed by atoms with Crippen LogP contribution < -0.4 is 0 Å². The van der Waals surface area contributed by atoms with Crippen molar-refractivity contribution in [2.45, 2.75) is 128 Å². The van der Waals surface area contributed by atoms with Crippen LogP contribution in [0, 0.1) is 6.92 Å². The van der Waals surface area contributed by atoms with Gasteiger partial charge in [-0.3, -0.25) is 0 Å². The molecule has 300 valence electrons. The minimum absolute atomic E-state index is 0.00674. The average molecular weight is 788 g/mol. The van der Waals surface area contributed by atoms with E-state index in [4.69, 9.17) is 0 Å². The van der Waals surface area contributed by atoms with E-state index >= 15 is 0 Å². The van der Waals surface area contributed by atoms with E-state index in [1.54, 1.807) is 24.3 Å². The summed E-state index contributed by atoms with van der Waals surface area (Å²) >= 11 is 0. The molecule has 0 spiro atoms. The predicted octanol–water partition coefficient (Wildman–Crippen LogP) is 14.4. The van der Waals surface area contributed by atoms with Crippen LogP contribution in [0.5, 0.6) is 0 Å². The summed E-state index contributed by atoms with van der Waals surface area (Å²) in [5.41, 5.74) is 14.4. The number of benzene rings is 6. The smallest absolute Gasteiger partial charge is 0.206 e. The quantitative estimate of drug-likeness (QED) is 0.168. The zero-order valence-electron chi connectivity index (χ0n) is 36.9. The molecule has 0 aliphatic carbocycles. The number of aromatic nitrogens is 1. The van der Waals surface area contributed by atoms with Crippen molar-refractivity contribution in [3.05, 3.63) is 160 Å². The van der Waals surface area contributed by atoms with Gasteiger partial charge in [0.25, 0.3) is 0 Å². The second-order valence-electron chi connectivity index (χ2n) is 20.5. The van der Waals surface area contributed by atoms with Crippen molar-refractivity contribution in [3.8, 4) is 16.8 Å². The fourth-order valence-corrected chi connectivity index (χ4v) is 9.24. The van der Waals surface area contributed by atoms with Gasteiger partial charge in [-0.05, 0) is 146 Å². The minimum Gasteiger partial charge on any atom is -0.309 e. The lowest BCUT2D eigenvalue weighted by Gasteiger charge is -2.24. The zero-order valence-corrected chi connectivity index (χ0v) is 37.7. The zero-order chi connectivity index (χ0) is 42.2. The second-order valence-corrected chi connectivity index (χ2v) is 22.5. The Labute approximate surface area is 348 Å². The molecule has 0 bridgehead atoms. The number of fused-ring (bicyclic) bond motifs is 3. The number of sulfone groups is 1. The van der Waals surface area contributed by atoms with Gasteiger partial charge in [0.15, 0.2) is 0 Å². The number of nitrogens with zero attached hydrogens (tertiary/aromatic N) is 1. The molecule has 0 N–H and O–H groups in total. The highest BCUT2D eigenvalue weighted by atomic mass is 32.2. The standard InChI is InChI=1S/C54H61NO2S/c1-35-14-18-38(51(2,3)4)31-45(35)46-32-39(52(5,6)7)19-17-37(46)30-36-15-24-43(25-16-36)58(56,57)44-26-22-42(23-27-44)55-49-28-20-40(53(8,9)10)33-47(49)48-34-41(54(11,12)13)21-29-50(48)55/h14-29,31-34H,30H2,1-13H3. The van der Waals surface area contributed by atoms with E-state index in [2.05, 4.69) is 167 Å². The third-order valence-corrected chi connectivity index (χ3v) is 13.7. The fraction of sp³-hybridized carbons (Fsp3) is 0.333. The summed E-state index contributed by atoms with van der Waals surface area (Å²) in [4.78, 5) is 0.575. The van der Waals surface area contributed by atoms with Crippen molar-refractivity contribution in [1.82, 2.24) is 4.57 Å². The molecule has 3 nitrogen and oxygen atoms in total. The van der Waals surface area contributed by atoms with Crippen LogP contribution in [0.25, 0.3) is 38.6 Å². The molecule has 0 saturated heterocycles. The monoisotopic (exact) mass is 787 g/mol. The first-order valence-corrected chi connectivity index (χ1v) is 22.2. The minimum atomic E-state index is -3.75. The molecule has 7 aromatic rings. The number of rotatable bonds is 6. The van der Waals surface area contributed by atoms with E-state index in [0.717, 1.165) is 22.3 Å². The molecular weight excluding hydrogens is 727 g/mol. The summed E-state index contributed by atoms with van der Waals surface area (Å²) in [6, 6.07) is 42.1. The lowest BCUT2D eigenvalue weighted by atomic mass is 9.80. The molecule has 58 heavy (non-hydrogen) atoms. The molecule has 0 amide bonds. The molecule has 0 fully saturated rings. The van der Waals surface area contributed by atoms with Crippen molar-refractivity contribution in [2.24, 2.45) is 0 Å². The van der Waals surface area contributed by atoms with Gasteiger partial charge in [0.1, 0.15) is 0 Å². The Bertz CT molecular complexity index is 2700. The Hall–Kier alpha value is -4.93. The highest BCUT2D eigenvalue weighted by Crippen LogP contribution is 2.39. The molecule has 0 unspecified atom stereocenters. The molecule has 1 heterocycles. The lowest BCUT2D eigenvalue weighted by molar-refractivity contribution is 0.589. The van der Waals surface area contributed by atoms with Gasteiger partial charge in [0.05, 0.1) is 20.8 Å². The van der Waals surface area contributed by atoms with Crippen LogP contribution in [-0.4, -0.2) is 13.0 Å². The van der Waals surface area contributed by atoms with Crippen LogP contribution >= 0.6 is 0 Å². The molecule has 0 aliphatic heterocycles. The van der Waals surface area contributed by atoms with E-state index < -0.39 is 9.84 Å².